The first-order chi connectivity index (χ1) is 18.8. The van der Waals surface area contributed by atoms with Crippen LogP contribution in [0.25, 0.3) is 33.6 Å². The van der Waals surface area contributed by atoms with Crippen LogP contribution in [-0.2, 0) is 0 Å². The highest BCUT2D eigenvalue weighted by molar-refractivity contribution is 5.79. The van der Waals surface area contributed by atoms with Crippen molar-refractivity contribution >= 4 is 0 Å². The minimum atomic E-state index is 0.560. The molecule has 0 radical (unpaired) electrons. The van der Waals surface area contributed by atoms with E-state index in [1.54, 1.807) is 7.11 Å². The quantitative estimate of drug-likeness (QED) is 0.297. The van der Waals surface area contributed by atoms with Gasteiger partial charge in [-0.1, -0.05) is 60.7 Å². The van der Waals surface area contributed by atoms with Crippen LogP contribution >= 0.6 is 0 Å². The first kappa shape index (κ1) is 24.8. The highest BCUT2D eigenvalue weighted by atomic mass is 16.5. The molecule has 4 nitrogen and oxygen atoms in total. The average Bonchev–Trinajstić information content (AvgIpc) is 3.02. The van der Waals surface area contributed by atoms with Gasteiger partial charge in [0.25, 0.3) is 0 Å². The van der Waals surface area contributed by atoms with Crippen molar-refractivity contribution in [2.24, 2.45) is 0 Å². The number of rotatable bonds is 6. The Bertz CT molecular complexity index is 1290. The monoisotopic (exact) mass is 503 g/mol. The zero-order valence-corrected chi connectivity index (χ0v) is 22.2. The van der Waals surface area contributed by atoms with Gasteiger partial charge in [0, 0.05) is 11.1 Å². The second kappa shape index (κ2) is 11.5. The molecule has 0 amide bonds. The van der Waals surface area contributed by atoms with E-state index in [2.05, 4.69) is 83.4 Å². The van der Waals surface area contributed by atoms with Crippen molar-refractivity contribution in [3.63, 3.8) is 0 Å². The predicted molar refractivity (Wildman–Crippen MR) is 157 cm³/mol. The summed E-state index contributed by atoms with van der Waals surface area (Å²) in [6.45, 7) is 4.31. The standard InChI is InChI=1S/C34H37N3O/c1-38-28-12-10-24(11-13-28)27-22-33(31-8-4-2-6-29(31)25-14-18-35-19-15-25)37-34(23-27)32-9-5-3-7-30(32)26-16-20-36-21-17-26/h2-13,22-23,25-26,35-36H,14-21H2,1H3. The fraction of sp³-hybridized carbons (Fsp3) is 0.324. The van der Waals surface area contributed by atoms with Crippen molar-refractivity contribution in [1.82, 2.24) is 15.6 Å². The maximum Gasteiger partial charge on any atom is 0.118 e. The summed E-state index contributed by atoms with van der Waals surface area (Å²) in [6, 6.07) is 30.8. The van der Waals surface area contributed by atoms with Crippen molar-refractivity contribution in [3.8, 4) is 39.4 Å². The molecular formula is C34H37N3O. The van der Waals surface area contributed by atoms with Crippen molar-refractivity contribution in [2.45, 2.75) is 37.5 Å². The number of hydrogen-bond donors (Lipinski definition) is 2. The number of piperidine rings is 2. The Morgan fingerprint density at radius 1 is 0.605 bits per heavy atom. The summed E-state index contributed by atoms with van der Waals surface area (Å²) in [7, 11) is 1.72. The fourth-order valence-electron chi connectivity index (χ4n) is 6.20. The Morgan fingerprint density at radius 3 is 1.55 bits per heavy atom. The van der Waals surface area contributed by atoms with Crippen molar-refractivity contribution in [3.05, 3.63) is 96.1 Å². The second-order valence-corrected chi connectivity index (χ2v) is 10.6. The van der Waals surface area contributed by atoms with Gasteiger partial charge in [0.1, 0.15) is 5.75 Å². The summed E-state index contributed by atoms with van der Waals surface area (Å²) in [5, 5.41) is 7.04. The third-order valence-electron chi connectivity index (χ3n) is 8.28. The minimum Gasteiger partial charge on any atom is -0.497 e. The molecule has 3 aromatic carbocycles. The normalized spacial score (nSPS) is 16.9. The van der Waals surface area contributed by atoms with E-state index >= 15 is 0 Å². The van der Waals surface area contributed by atoms with Gasteiger partial charge < -0.3 is 15.4 Å². The molecule has 2 saturated heterocycles. The summed E-state index contributed by atoms with van der Waals surface area (Å²) < 4.78 is 5.43. The van der Waals surface area contributed by atoms with Gasteiger partial charge in [-0.25, -0.2) is 4.98 Å². The van der Waals surface area contributed by atoms with E-state index in [1.165, 1.54) is 59.1 Å². The summed E-state index contributed by atoms with van der Waals surface area (Å²) in [6.07, 6.45) is 4.67. The van der Waals surface area contributed by atoms with Gasteiger partial charge in [0.15, 0.2) is 0 Å². The maximum atomic E-state index is 5.43. The molecule has 2 aliphatic heterocycles. The maximum absolute atomic E-state index is 5.43. The minimum absolute atomic E-state index is 0.560. The van der Waals surface area contributed by atoms with Crippen LogP contribution in [0.5, 0.6) is 5.75 Å². The lowest BCUT2D eigenvalue weighted by Crippen LogP contribution is -2.27. The summed E-state index contributed by atoms with van der Waals surface area (Å²) in [5.74, 6) is 1.99. The molecule has 194 valence electrons. The van der Waals surface area contributed by atoms with E-state index in [-0.39, 0.29) is 0 Å². The Morgan fingerprint density at radius 2 is 1.08 bits per heavy atom. The van der Waals surface area contributed by atoms with Crippen LogP contribution in [0.3, 0.4) is 0 Å². The van der Waals surface area contributed by atoms with Gasteiger partial charge in [-0.3, -0.25) is 0 Å². The Hall–Kier alpha value is -3.47. The first-order valence-electron chi connectivity index (χ1n) is 14.1. The number of aromatic nitrogens is 1. The van der Waals surface area contributed by atoms with Crippen LogP contribution in [0.1, 0.15) is 48.6 Å². The molecule has 0 atom stereocenters. The molecule has 2 fully saturated rings. The fourth-order valence-corrected chi connectivity index (χ4v) is 6.20. The molecule has 0 saturated carbocycles. The van der Waals surface area contributed by atoms with Crippen LogP contribution in [0.15, 0.2) is 84.9 Å². The SMILES string of the molecule is COc1ccc(-c2cc(-c3ccccc3C3CCNCC3)nc(-c3ccccc3C3CCNCC3)c2)cc1. The Labute approximate surface area is 226 Å². The lowest BCUT2D eigenvalue weighted by molar-refractivity contribution is 0.415. The van der Waals surface area contributed by atoms with Crippen LogP contribution < -0.4 is 15.4 Å². The topological polar surface area (TPSA) is 46.2 Å². The highest BCUT2D eigenvalue weighted by Gasteiger charge is 2.22. The van der Waals surface area contributed by atoms with E-state index in [1.807, 2.05) is 12.1 Å². The third-order valence-corrected chi connectivity index (χ3v) is 8.28. The molecule has 2 N–H and O–H groups in total. The van der Waals surface area contributed by atoms with E-state index in [4.69, 9.17) is 9.72 Å². The molecule has 2 aliphatic rings. The zero-order chi connectivity index (χ0) is 25.7. The number of nitrogens with one attached hydrogen (secondary N) is 2. The zero-order valence-electron chi connectivity index (χ0n) is 22.2. The van der Waals surface area contributed by atoms with E-state index < -0.39 is 0 Å². The number of hydrogen-bond acceptors (Lipinski definition) is 4. The van der Waals surface area contributed by atoms with Gasteiger partial charge in [0.05, 0.1) is 18.5 Å². The molecule has 3 heterocycles. The number of benzene rings is 3. The molecular weight excluding hydrogens is 466 g/mol. The highest BCUT2D eigenvalue weighted by Crippen LogP contribution is 2.39. The number of pyridine rings is 1. The van der Waals surface area contributed by atoms with Crippen molar-refractivity contribution in [2.75, 3.05) is 33.3 Å². The molecule has 4 heteroatoms. The average molecular weight is 504 g/mol. The van der Waals surface area contributed by atoms with Gasteiger partial charge >= 0.3 is 0 Å². The predicted octanol–water partition coefficient (Wildman–Crippen LogP) is 7.03. The molecule has 4 aromatic rings. The smallest absolute Gasteiger partial charge is 0.118 e. The largest absolute Gasteiger partial charge is 0.497 e. The number of ether oxygens (including phenoxy) is 1. The third kappa shape index (κ3) is 5.24. The van der Waals surface area contributed by atoms with Crippen molar-refractivity contribution in [1.29, 1.82) is 0 Å². The molecule has 0 aliphatic carbocycles. The van der Waals surface area contributed by atoms with E-state index in [0.29, 0.717) is 11.8 Å². The lowest BCUT2D eigenvalue weighted by Gasteiger charge is -2.26. The van der Waals surface area contributed by atoms with Crippen molar-refractivity contribution < 1.29 is 4.74 Å². The Balaban J connectivity index is 1.50. The van der Waals surface area contributed by atoms with Crippen LogP contribution in [0.2, 0.25) is 0 Å². The van der Waals surface area contributed by atoms with Crippen LogP contribution in [0.4, 0.5) is 0 Å². The molecule has 6 rings (SSSR count). The van der Waals surface area contributed by atoms with Crippen LogP contribution in [-0.4, -0.2) is 38.3 Å². The van der Waals surface area contributed by atoms with Crippen LogP contribution in [0, 0.1) is 0 Å². The summed E-state index contributed by atoms with van der Waals surface area (Å²) >= 11 is 0. The van der Waals surface area contributed by atoms with Gasteiger partial charge in [-0.05, 0) is 110 Å². The molecule has 0 unspecified atom stereocenters. The molecule has 0 spiro atoms. The Kier molecular flexibility index (Phi) is 7.52. The molecule has 0 bridgehead atoms. The lowest BCUT2D eigenvalue weighted by atomic mass is 9.84. The summed E-state index contributed by atoms with van der Waals surface area (Å²) in [4.78, 5) is 5.39. The number of methoxy groups -OCH3 is 1. The van der Waals surface area contributed by atoms with E-state index in [0.717, 1.165) is 43.3 Å². The summed E-state index contributed by atoms with van der Waals surface area (Å²) in [5.41, 5.74) is 9.84. The first-order valence-corrected chi connectivity index (χ1v) is 14.1. The van der Waals surface area contributed by atoms with Gasteiger partial charge in [0.2, 0.25) is 0 Å². The van der Waals surface area contributed by atoms with E-state index in [9.17, 15) is 0 Å². The molecule has 1 aromatic heterocycles. The molecule has 38 heavy (non-hydrogen) atoms. The van der Waals surface area contributed by atoms with Gasteiger partial charge in [-0.2, -0.15) is 0 Å². The second-order valence-electron chi connectivity index (χ2n) is 10.6. The number of nitrogens with zero attached hydrogens (tertiary/aromatic N) is 1. The van der Waals surface area contributed by atoms with Gasteiger partial charge in [-0.15, -0.1) is 0 Å².